The van der Waals surface area contributed by atoms with Crippen molar-refractivity contribution < 1.29 is 4.65 Å². The van der Waals surface area contributed by atoms with Gasteiger partial charge in [-0.1, -0.05) is 45.9 Å². The van der Waals surface area contributed by atoms with Crippen LogP contribution in [0.5, 0.6) is 0 Å². The summed E-state index contributed by atoms with van der Waals surface area (Å²) in [6.07, 6.45) is 0. The minimum Gasteiger partial charge on any atom is -0.420 e. The Labute approximate surface area is 112 Å². The van der Waals surface area contributed by atoms with Gasteiger partial charge >= 0.3 is 7.05 Å². The summed E-state index contributed by atoms with van der Waals surface area (Å²) in [6.45, 7) is 8.97. The molecule has 1 aromatic carbocycles. The molecule has 1 aromatic rings. The van der Waals surface area contributed by atoms with Crippen LogP contribution in [0.4, 0.5) is 0 Å². The van der Waals surface area contributed by atoms with E-state index in [0.717, 1.165) is 0 Å². The molecular weight excluding hydrogens is 221 g/mol. The van der Waals surface area contributed by atoms with Crippen molar-refractivity contribution in [2.24, 2.45) is 0 Å². The van der Waals surface area contributed by atoms with Crippen LogP contribution >= 0.6 is 0 Å². The molecule has 0 saturated heterocycles. The quantitative estimate of drug-likeness (QED) is 0.742. The van der Waals surface area contributed by atoms with Crippen molar-refractivity contribution in [1.82, 2.24) is 4.81 Å². The van der Waals surface area contributed by atoms with E-state index in [0.29, 0.717) is 11.8 Å². The topological polar surface area (TPSA) is 12.5 Å². The van der Waals surface area contributed by atoms with E-state index in [1.165, 1.54) is 16.6 Å². The molecule has 18 heavy (non-hydrogen) atoms. The zero-order chi connectivity index (χ0) is 13.9. The molecule has 0 aliphatic rings. The fourth-order valence-corrected chi connectivity index (χ4v) is 2.48. The summed E-state index contributed by atoms with van der Waals surface area (Å²) in [7, 11) is 5.94. The van der Waals surface area contributed by atoms with Crippen LogP contribution in [0.25, 0.3) is 0 Å². The second-order valence-corrected chi connectivity index (χ2v) is 5.71. The molecule has 0 aliphatic heterocycles. The second kappa shape index (κ2) is 6.39. The maximum Gasteiger partial charge on any atom is 0.418 e. The zero-order valence-corrected chi connectivity index (χ0v) is 12.8. The molecule has 0 aromatic heterocycles. The molecule has 100 valence electrons. The third kappa shape index (κ3) is 3.15. The van der Waals surface area contributed by atoms with Crippen molar-refractivity contribution in [1.29, 1.82) is 0 Å². The standard InChI is InChI=1S/C15H26BNO/c1-11(2)13-9-8-10-14(12(3)4)15(13)16(18-7)17(5)6/h8-12H,1-7H3. The van der Waals surface area contributed by atoms with Gasteiger partial charge < -0.3 is 9.47 Å². The average molecular weight is 247 g/mol. The Morgan fingerprint density at radius 1 is 1.00 bits per heavy atom. The van der Waals surface area contributed by atoms with Gasteiger partial charge in [-0.2, -0.15) is 0 Å². The molecule has 0 bridgehead atoms. The lowest BCUT2D eigenvalue weighted by Crippen LogP contribution is -2.49. The Bertz CT molecular complexity index is 362. The normalized spacial score (nSPS) is 11.7. The van der Waals surface area contributed by atoms with E-state index >= 15 is 0 Å². The van der Waals surface area contributed by atoms with Crippen LogP contribution in [-0.4, -0.2) is 33.1 Å². The third-order valence-corrected chi connectivity index (χ3v) is 3.36. The fraction of sp³-hybridized carbons (Fsp3) is 0.600. The molecule has 0 amide bonds. The highest BCUT2D eigenvalue weighted by Crippen LogP contribution is 2.20. The van der Waals surface area contributed by atoms with Gasteiger partial charge in [-0.15, -0.1) is 0 Å². The van der Waals surface area contributed by atoms with Gasteiger partial charge in [0.1, 0.15) is 0 Å². The molecule has 0 atom stereocenters. The lowest BCUT2D eigenvalue weighted by molar-refractivity contribution is 0.375. The summed E-state index contributed by atoms with van der Waals surface area (Å²) >= 11 is 0. The molecule has 0 saturated carbocycles. The Hall–Kier alpha value is -0.795. The van der Waals surface area contributed by atoms with Gasteiger partial charge in [-0.3, -0.25) is 0 Å². The Balaban J connectivity index is 3.43. The Morgan fingerprint density at radius 3 is 1.72 bits per heavy atom. The molecule has 0 heterocycles. The average Bonchev–Trinajstić information content (AvgIpc) is 2.28. The minimum atomic E-state index is 0.0287. The van der Waals surface area contributed by atoms with Crippen molar-refractivity contribution >= 4 is 12.5 Å². The number of rotatable bonds is 5. The first-order valence-electron chi connectivity index (χ1n) is 6.72. The molecular formula is C15H26BNO. The largest absolute Gasteiger partial charge is 0.420 e. The molecule has 1 rings (SSSR count). The summed E-state index contributed by atoms with van der Waals surface area (Å²) < 4.78 is 5.71. The van der Waals surface area contributed by atoms with E-state index in [1.54, 1.807) is 7.11 Å². The lowest BCUT2D eigenvalue weighted by atomic mass is 9.64. The number of nitrogens with zero attached hydrogens (tertiary/aromatic N) is 1. The van der Waals surface area contributed by atoms with Gasteiger partial charge in [-0.05, 0) is 42.5 Å². The SMILES string of the molecule is COB(c1c(C(C)C)cccc1C(C)C)N(C)C. The van der Waals surface area contributed by atoms with E-state index in [1.807, 2.05) is 0 Å². The van der Waals surface area contributed by atoms with Crippen LogP contribution < -0.4 is 5.46 Å². The van der Waals surface area contributed by atoms with Gasteiger partial charge in [0.15, 0.2) is 0 Å². The first-order valence-corrected chi connectivity index (χ1v) is 6.72. The maximum absolute atomic E-state index is 5.71. The Morgan fingerprint density at radius 2 is 1.44 bits per heavy atom. The zero-order valence-electron chi connectivity index (χ0n) is 12.8. The van der Waals surface area contributed by atoms with Crippen molar-refractivity contribution in [3.05, 3.63) is 29.3 Å². The van der Waals surface area contributed by atoms with Gasteiger partial charge in [0, 0.05) is 7.11 Å². The number of hydrogen-bond acceptors (Lipinski definition) is 2. The number of hydrogen-bond donors (Lipinski definition) is 0. The Kier molecular flexibility index (Phi) is 5.42. The highest BCUT2D eigenvalue weighted by molar-refractivity contribution is 6.65. The van der Waals surface area contributed by atoms with Crippen molar-refractivity contribution in [2.75, 3.05) is 21.2 Å². The fourth-order valence-electron chi connectivity index (χ4n) is 2.48. The van der Waals surface area contributed by atoms with Gasteiger partial charge in [0.25, 0.3) is 0 Å². The molecule has 2 nitrogen and oxygen atoms in total. The van der Waals surface area contributed by atoms with E-state index < -0.39 is 0 Å². The van der Waals surface area contributed by atoms with Crippen molar-refractivity contribution in [2.45, 2.75) is 39.5 Å². The van der Waals surface area contributed by atoms with Crippen LogP contribution in [0, 0.1) is 0 Å². The van der Waals surface area contributed by atoms with E-state index in [4.69, 9.17) is 4.65 Å². The highest BCUT2D eigenvalue weighted by atomic mass is 16.4. The highest BCUT2D eigenvalue weighted by Gasteiger charge is 2.28. The molecule has 0 unspecified atom stereocenters. The molecule has 3 heteroatoms. The second-order valence-electron chi connectivity index (χ2n) is 5.71. The summed E-state index contributed by atoms with van der Waals surface area (Å²) in [4.78, 5) is 2.13. The summed E-state index contributed by atoms with van der Waals surface area (Å²) in [5, 5.41) is 0. The predicted molar refractivity (Wildman–Crippen MR) is 80.7 cm³/mol. The van der Waals surface area contributed by atoms with Crippen LogP contribution in [0.1, 0.15) is 50.7 Å². The third-order valence-electron chi connectivity index (χ3n) is 3.36. The summed E-state index contributed by atoms with van der Waals surface area (Å²) in [5.74, 6) is 1.02. The molecule has 0 spiro atoms. The smallest absolute Gasteiger partial charge is 0.418 e. The molecule has 0 N–H and O–H groups in total. The summed E-state index contributed by atoms with van der Waals surface area (Å²) in [5.41, 5.74) is 4.12. The van der Waals surface area contributed by atoms with Crippen LogP contribution in [0.3, 0.4) is 0 Å². The van der Waals surface area contributed by atoms with E-state index in [2.05, 4.69) is 64.8 Å². The van der Waals surface area contributed by atoms with Gasteiger partial charge in [0.05, 0.1) is 0 Å². The van der Waals surface area contributed by atoms with Crippen LogP contribution in [0.2, 0.25) is 0 Å². The summed E-state index contributed by atoms with van der Waals surface area (Å²) in [6, 6.07) is 6.61. The van der Waals surface area contributed by atoms with Crippen molar-refractivity contribution in [3.8, 4) is 0 Å². The van der Waals surface area contributed by atoms with Crippen molar-refractivity contribution in [3.63, 3.8) is 0 Å². The molecule has 0 radical (unpaired) electrons. The van der Waals surface area contributed by atoms with Crippen LogP contribution in [-0.2, 0) is 4.65 Å². The van der Waals surface area contributed by atoms with E-state index in [-0.39, 0.29) is 7.05 Å². The molecule has 0 aliphatic carbocycles. The minimum absolute atomic E-state index is 0.0287. The van der Waals surface area contributed by atoms with E-state index in [9.17, 15) is 0 Å². The molecule has 0 fully saturated rings. The van der Waals surface area contributed by atoms with Gasteiger partial charge in [-0.25, -0.2) is 0 Å². The maximum atomic E-state index is 5.71. The predicted octanol–water partition coefficient (Wildman–Crippen LogP) is 2.84. The van der Waals surface area contributed by atoms with Gasteiger partial charge in [0.2, 0.25) is 0 Å². The first-order chi connectivity index (χ1) is 8.40. The monoisotopic (exact) mass is 247 g/mol. The van der Waals surface area contributed by atoms with Crippen LogP contribution in [0.15, 0.2) is 18.2 Å². The lowest BCUT2D eigenvalue weighted by Gasteiger charge is -2.26. The first kappa shape index (κ1) is 15.3. The number of benzene rings is 1.